The van der Waals surface area contributed by atoms with E-state index in [0.717, 1.165) is 19.0 Å². The van der Waals surface area contributed by atoms with Crippen LogP contribution in [0.1, 0.15) is 24.3 Å². The minimum atomic E-state index is 0. The zero-order chi connectivity index (χ0) is 15.1. The number of hydrogen-bond acceptors (Lipinski definition) is 2. The molecule has 120 valence electrons. The van der Waals surface area contributed by atoms with E-state index in [9.17, 15) is 0 Å². The molecule has 3 nitrogen and oxygen atoms in total. The lowest BCUT2D eigenvalue weighted by atomic mass is 9.85. The van der Waals surface area contributed by atoms with Crippen molar-refractivity contribution in [2.45, 2.75) is 25.8 Å². The Morgan fingerprint density at radius 3 is 2.41 bits per heavy atom. The number of rotatable bonds is 5. The van der Waals surface area contributed by atoms with Gasteiger partial charge in [0.1, 0.15) is 0 Å². The molecule has 1 aromatic heterocycles. The quantitative estimate of drug-likeness (QED) is 0.428. The van der Waals surface area contributed by atoms with Crippen molar-refractivity contribution >= 4 is 41.3 Å². The number of thiophene rings is 1. The first-order valence-corrected chi connectivity index (χ1v) is 8.02. The molecule has 0 unspecified atom stereocenters. The van der Waals surface area contributed by atoms with Crippen molar-refractivity contribution in [2.75, 3.05) is 13.6 Å². The highest BCUT2D eigenvalue weighted by atomic mass is 127. The van der Waals surface area contributed by atoms with Crippen molar-refractivity contribution in [1.82, 2.24) is 10.6 Å². The summed E-state index contributed by atoms with van der Waals surface area (Å²) in [4.78, 5) is 5.59. The summed E-state index contributed by atoms with van der Waals surface area (Å²) < 4.78 is 0. The maximum atomic E-state index is 4.28. The lowest BCUT2D eigenvalue weighted by molar-refractivity contribution is 0.508. The van der Waals surface area contributed by atoms with Gasteiger partial charge in [-0.2, -0.15) is 0 Å². The summed E-state index contributed by atoms with van der Waals surface area (Å²) in [5, 5.41) is 8.85. The second-order valence-electron chi connectivity index (χ2n) is 5.61. The van der Waals surface area contributed by atoms with E-state index >= 15 is 0 Å². The van der Waals surface area contributed by atoms with Crippen LogP contribution >= 0.6 is 35.3 Å². The van der Waals surface area contributed by atoms with Crippen molar-refractivity contribution in [3.63, 3.8) is 0 Å². The number of halogens is 1. The number of benzene rings is 1. The molecular weight excluding hydrogens is 405 g/mol. The predicted octanol–water partition coefficient (Wildman–Crippen LogP) is 4.01. The third kappa shape index (κ3) is 5.61. The van der Waals surface area contributed by atoms with Crippen LogP contribution < -0.4 is 10.6 Å². The second kappa shape index (κ2) is 9.15. The Morgan fingerprint density at radius 2 is 1.82 bits per heavy atom. The molecule has 0 aliphatic rings. The van der Waals surface area contributed by atoms with Crippen LogP contribution in [-0.2, 0) is 12.0 Å². The van der Waals surface area contributed by atoms with E-state index in [-0.39, 0.29) is 29.4 Å². The Bertz CT molecular complexity index is 565. The van der Waals surface area contributed by atoms with Crippen LogP contribution in [0.25, 0.3) is 0 Å². The summed E-state index contributed by atoms with van der Waals surface area (Å²) in [6.45, 7) is 6.12. The average molecular weight is 429 g/mol. The van der Waals surface area contributed by atoms with Crippen molar-refractivity contribution in [3.05, 3.63) is 58.3 Å². The van der Waals surface area contributed by atoms with E-state index in [1.807, 2.05) is 0 Å². The third-order valence-electron chi connectivity index (χ3n) is 3.49. The van der Waals surface area contributed by atoms with Gasteiger partial charge in [0.25, 0.3) is 0 Å². The SMILES string of the molecule is CN=C(NCc1cccs1)NCC(C)(C)c1ccccc1.I. The molecule has 0 saturated heterocycles. The minimum absolute atomic E-state index is 0. The molecule has 0 bridgehead atoms. The van der Waals surface area contributed by atoms with E-state index in [1.54, 1.807) is 18.4 Å². The Morgan fingerprint density at radius 1 is 1.09 bits per heavy atom. The molecule has 2 aromatic rings. The van der Waals surface area contributed by atoms with Crippen molar-refractivity contribution in [3.8, 4) is 0 Å². The van der Waals surface area contributed by atoms with Crippen LogP contribution in [0.15, 0.2) is 52.8 Å². The molecule has 0 atom stereocenters. The van der Waals surface area contributed by atoms with Gasteiger partial charge in [0.05, 0.1) is 6.54 Å². The van der Waals surface area contributed by atoms with Crippen LogP contribution in [0.5, 0.6) is 0 Å². The van der Waals surface area contributed by atoms with Crippen molar-refractivity contribution in [2.24, 2.45) is 4.99 Å². The highest BCUT2D eigenvalue weighted by Crippen LogP contribution is 2.21. The van der Waals surface area contributed by atoms with E-state index in [1.165, 1.54) is 10.4 Å². The van der Waals surface area contributed by atoms with Crippen molar-refractivity contribution < 1.29 is 0 Å². The Kier molecular flexibility index (Phi) is 7.89. The summed E-state index contributed by atoms with van der Waals surface area (Å²) in [6.07, 6.45) is 0. The van der Waals surface area contributed by atoms with Gasteiger partial charge in [0.15, 0.2) is 5.96 Å². The summed E-state index contributed by atoms with van der Waals surface area (Å²) in [6, 6.07) is 14.7. The normalized spacial score (nSPS) is 11.7. The zero-order valence-electron chi connectivity index (χ0n) is 13.3. The van der Waals surface area contributed by atoms with E-state index < -0.39 is 0 Å². The van der Waals surface area contributed by atoms with Crippen LogP contribution in [-0.4, -0.2) is 19.6 Å². The van der Waals surface area contributed by atoms with Gasteiger partial charge in [-0.15, -0.1) is 35.3 Å². The third-order valence-corrected chi connectivity index (χ3v) is 4.36. The number of guanidine groups is 1. The van der Waals surface area contributed by atoms with E-state index in [2.05, 4.69) is 77.3 Å². The molecule has 0 fully saturated rings. The van der Waals surface area contributed by atoms with Crippen LogP contribution in [0, 0.1) is 0 Å². The molecule has 2 N–H and O–H groups in total. The largest absolute Gasteiger partial charge is 0.356 e. The monoisotopic (exact) mass is 429 g/mol. The Balaban J connectivity index is 0.00000242. The molecule has 0 spiro atoms. The molecule has 0 aliphatic carbocycles. The topological polar surface area (TPSA) is 36.4 Å². The number of nitrogens with zero attached hydrogens (tertiary/aromatic N) is 1. The highest BCUT2D eigenvalue weighted by molar-refractivity contribution is 14.0. The number of nitrogens with one attached hydrogen (secondary N) is 2. The molecule has 1 heterocycles. The fourth-order valence-corrected chi connectivity index (χ4v) is 2.75. The van der Waals surface area contributed by atoms with Crippen LogP contribution in [0.4, 0.5) is 0 Å². The Labute approximate surface area is 154 Å². The molecule has 22 heavy (non-hydrogen) atoms. The van der Waals surface area contributed by atoms with Crippen LogP contribution in [0.2, 0.25) is 0 Å². The maximum Gasteiger partial charge on any atom is 0.191 e. The molecule has 2 rings (SSSR count). The smallest absolute Gasteiger partial charge is 0.191 e. The lowest BCUT2D eigenvalue weighted by Crippen LogP contribution is -2.43. The van der Waals surface area contributed by atoms with E-state index in [0.29, 0.717) is 0 Å². The number of aliphatic imine (C=N–C) groups is 1. The van der Waals surface area contributed by atoms with Gasteiger partial charge >= 0.3 is 0 Å². The summed E-state index contributed by atoms with van der Waals surface area (Å²) in [7, 11) is 1.80. The minimum Gasteiger partial charge on any atom is -0.356 e. The fraction of sp³-hybridized carbons (Fsp3) is 0.353. The maximum absolute atomic E-state index is 4.28. The predicted molar refractivity (Wildman–Crippen MR) is 107 cm³/mol. The summed E-state index contributed by atoms with van der Waals surface area (Å²) >= 11 is 1.75. The number of hydrogen-bond donors (Lipinski definition) is 2. The zero-order valence-corrected chi connectivity index (χ0v) is 16.4. The molecule has 0 saturated carbocycles. The van der Waals surface area contributed by atoms with Crippen molar-refractivity contribution in [1.29, 1.82) is 0 Å². The summed E-state index contributed by atoms with van der Waals surface area (Å²) in [5.41, 5.74) is 1.38. The molecule has 0 amide bonds. The first-order chi connectivity index (χ1) is 10.1. The van der Waals surface area contributed by atoms with Gasteiger partial charge in [0, 0.05) is 23.9 Å². The van der Waals surface area contributed by atoms with Gasteiger partial charge in [-0.1, -0.05) is 50.2 Å². The van der Waals surface area contributed by atoms with E-state index in [4.69, 9.17) is 0 Å². The first-order valence-electron chi connectivity index (χ1n) is 7.14. The molecule has 0 radical (unpaired) electrons. The fourth-order valence-electron chi connectivity index (χ4n) is 2.10. The first kappa shape index (κ1) is 19.0. The van der Waals surface area contributed by atoms with Gasteiger partial charge in [-0.05, 0) is 17.0 Å². The Hall–Kier alpha value is -1.08. The van der Waals surface area contributed by atoms with Gasteiger partial charge in [-0.25, -0.2) is 0 Å². The molecular formula is C17H24IN3S. The van der Waals surface area contributed by atoms with Crippen LogP contribution in [0.3, 0.4) is 0 Å². The highest BCUT2D eigenvalue weighted by Gasteiger charge is 2.20. The molecule has 5 heteroatoms. The molecule has 0 aliphatic heterocycles. The second-order valence-corrected chi connectivity index (χ2v) is 6.64. The van der Waals surface area contributed by atoms with Gasteiger partial charge in [0.2, 0.25) is 0 Å². The van der Waals surface area contributed by atoms with Gasteiger partial charge < -0.3 is 10.6 Å². The summed E-state index contributed by atoms with van der Waals surface area (Å²) in [5.74, 6) is 0.840. The van der Waals surface area contributed by atoms with Gasteiger partial charge in [-0.3, -0.25) is 4.99 Å². The molecule has 1 aromatic carbocycles. The lowest BCUT2D eigenvalue weighted by Gasteiger charge is -2.26. The average Bonchev–Trinajstić information content (AvgIpc) is 3.02. The standard InChI is InChI=1S/C17H23N3S.HI/c1-17(2,14-8-5-4-6-9-14)13-20-16(18-3)19-12-15-10-7-11-21-15;/h4-11H,12-13H2,1-3H3,(H2,18,19,20);1H.